The number of nitrogens with two attached hydrogens (primary N) is 1. The number of likely N-dealkylation sites (N-methyl/N-ethyl adjacent to an activating group) is 1. The van der Waals surface area contributed by atoms with Gasteiger partial charge in [0.1, 0.15) is 4.90 Å². The number of hydrogen-bond acceptors (Lipinski definition) is 3. The Morgan fingerprint density at radius 1 is 1.44 bits per heavy atom. The van der Waals surface area contributed by atoms with Crippen molar-refractivity contribution in [3.63, 3.8) is 0 Å². The van der Waals surface area contributed by atoms with Gasteiger partial charge < -0.3 is 5.73 Å². The molecule has 1 unspecified atom stereocenters. The molecule has 1 aliphatic carbocycles. The fourth-order valence-corrected chi connectivity index (χ4v) is 4.02. The Labute approximate surface area is 113 Å². The molecule has 1 aromatic carbocycles. The van der Waals surface area contributed by atoms with Gasteiger partial charge in [-0.15, -0.1) is 0 Å². The maximum Gasteiger partial charge on any atom is 0.244 e. The smallest absolute Gasteiger partial charge is 0.244 e. The van der Waals surface area contributed by atoms with Crippen molar-refractivity contribution >= 4 is 21.6 Å². The highest BCUT2D eigenvalue weighted by Crippen LogP contribution is 2.36. The van der Waals surface area contributed by atoms with Gasteiger partial charge in [0.2, 0.25) is 10.0 Å². The molecule has 2 N–H and O–H groups in total. The highest BCUT2D eigenvalue weighted by atomic mass is 35.5. The molecule has 1 fully saturated rings. The highest BCUT2D eigenvalue weighted by molar-refractivity contribution is 7.89. The van der Waals surface area contributed by atoms with E-state index in [9.17, 15) is 8.42 Å². The van der Waals surface area contributed by atoms with Gasteiger partial charge in [0.25, 0.3) is 0 Å². The number of benzene rings is 1. The average molecular weight is 289 g/mol. The van der Waals surface area contributed by atoms with Crippen LogP contribution in [0.25, 0.3) is 0 Å². The third kappa shape index (κ3) is 2.54. The maximum absolute atomic E-state index is 12.5. The Kier molecular flexibility index (Phi) is 3.96. The second kappa shape index (κ2) is 5.17. The summed E-state index contributed by atoms with van der Waals surface area (Å²) in [5.74, 6) is 0.386. The van der Waals surface area contributed by atoms with Gasteiger partial charge in [0, 0.05) is 19.6 Å². The SMILES string of the molecule is CN(C(CN)C1CC1)S(=O)(=O)c1ccccc1Cl. The van der Waals surface area contributed by atoms with Gasteiger partial charge in [0.05, 0.1) is 5.02 Å². The molecule has 0 saturated heterocycles. The topological polar surface area (TPSA) is 63.4 Å². The molecule has 1 aromatic rings. The number of sulfonamides is 1. The fourth-order valence-electron chi connectivity index (χ4n) is 2.11. The molecule has 0 heterocycles. The normalized spacial score (nSPS) is 18.0. The minimum Gasteiger partial charge on any atom is -0.329 e. The quantitative estimate of drug-likeness (QED) is 0.897. The molecule has 6 heteroatoms. The van der Waals surface area contributed by atoms with E-state index in [4.69, 9.17) is 17.3 Å². The van der Waals surface area contributed by atoms with Gasteiger partial charge in [-0.3, -0.25) is 0 Å². The molecule has 100 valence electrons. The van der Waals surface area contributed by atoms with Crippen molar-refractivity contribution in [3.05, 3.63) is 29.3 Å². The Balaban J connectivity index is 2.33. The number of halogens is 1. The molecule has 2 rings (SSSR count). The monoisotopic (exact) mass is 288 g/mol. The summed E-state index contributed by atoms with van der Waals surface area (Å²) in [7, 11) is -1.99. The lowest BCUT2D eigenvalue weighted by atomic mass is 10.2. The number of rotatable bonds is 5. The third-order valence-corrected chi connectivity index (χ3v) is 5.75. The maximum atomic E-state index is 12.5. The minimum atomic E-state index is -3.56. The van der Waals surface area contributed by atoms with Gasteiger partial charge in [-0.05, 0) is 30.9 Å². The molecule has 1 aliphatic rings. The van der Waals surface area contributed by atoms with Crippen molar-refractivity contribution in [2.45, 2.75) is 23.8 Å². The summed E-state index contributed by atoms with van der Waals surface area (Å²) in [6.45, 7) is 0.338. The molecule has 0 bridgehead atoms. The standard InChI is InChI=1S/C12H17ClN2O2S/c1-15(11(8-14)9-6-7-9)18(16,17)12-5-3-2-4-10(12)13/h2-5,9,11H,6-8,14H2,1H3. The summed E-state index contributed by atoms with van der Waals surface area (Å²) in [5.41, 5.74) is 5.69. The average Bonchev–Trinajstić information content (AvgIpc) is 3.14. The fraction of sp³-hybridized carbons (Fsp3) is 0.500. The van der Waals surface area contributed by atoms with E-state index in [1.165, 1.54) is 10.4 Å². The first-order valence-corrected chi connectivity index (χ1v) is 7.73. The zero-order valence-electron chi connectivity index (χ0n) is 10.2. The van der Waals surface area contributed by atoms with Crippen LogP contribution in [0.4, 0.5) is 0 Å². The summed E-state index contributed by atoms with van der Waals surface area (Å²) >= 11 is 5.96. The van der Waals surface area contributed by atoms with Crippen molar-refractivity contribution in [2.24, 2.45) is 11.7 Å². The van der Waals surface area contributed by atoms with Crippen LogP contribution in [-0.2, 0) is 10.0 Å². The molecular weight excluding hydrogens is 272 g/mol. The third-order valence-electron chi connectivity index (χ3n) is 3.37. The van der Waals surface area contributed by atoms with E-state index in [-0.39, 0.29) is 16.0 Å². The summed E-state index contributed by atoms with van der Waals surface area (Å²) in [5, 5.41) is 0.246. The molecule has 0 amide bonds. The predicted molar refractivity (Wildman–Crippen MR) is 72.0 cm³/mol. The van der Waals surface area contributed by atoms with Crippen LogP contribution in [0.1, 0.15) is 12.8 Å². The minimum absolute atomic E-state index is 0.133. The van der Waals surface area contributed by atoms with Crippen molar-refractivity contribution in [1.29, 1.82) is 0 Å². The van der Waals surface area contributed by atoms with Crippen molar-refractivity contribution < 1.29 is 8.42 Å². The van der Waals surface area contributed by atoms with Crippen LogP contribution < -0.4 is 5.73 Å². The predicted octanol–water partition coefficient (Wildman–Crippen LogP) is 1.70. The largest absolute Gasteiger partial charge is 0.329 e. The van der Waals surface area contributed by atoms with E-state index in [1.807, 2.05) is 0 Å². The van der Waals surface area contributed by atoms with Gasteiger partial charge in [0.15, 0.2) is 0 Å². The van der Waals surface area contributed by atoms with Crippen LogP contribution >= 0.6 is 11.6 Å². The molecule has 1 saturated carbocycles. The summed E-state index contributed by atoms with van der Waals surface area (Å²) in [6.07, 6.45) is 2.09. The van der Waals surface area contributed by atoms with Crippen LogP contribution in [0.5, 0.6) is 0 Å². The molecule has 0 aliphatic heterocycles. The van der Waals surface area contributed by atoms with Crippen LogP contribution in [0.3, 0.4) is 0 Å². The second-order valence-corrected chi connectivity index (χ2v) is 6.97. The summed E-state index contributed by atoms with van der Waals surface area (Å²) in [6, 6.07) is 6.35. The molecule has 4 nitrogen and oxygen atoms in total. The van der Waals surface area contributed by atoms with Crippen molar-refractivity contribution in [2.75, 3.05) is 13.6 Å². The Morgan fingerprint density at radius 2 is 2.06 bits per heavy atom. The molecule has 1 atom stereocenters. The van der Waals surface area contributed by atoms with E-state index < -0.39 is 10.0 Å². The number of hydrogen-bond donors (Lipinski definition) is 1. The van der Waals surface area contributed by atoms with Crippen LogP contribution in [0.15, 0.2) is 29.2 Å². The first-order chi connectivity index (χ1) is 8.48. The lowest BCUT2D eigenvalue weighted by Crippen LogP contribution is -2.43. The van der Waals surface area contributed by atoms with Gasteiger partial charge in [-0.2, -0.15) is 4.31 Å². The van der Waals surface area contributed by atoms with E-state index >= 15 is 0 Å². The Morgan fingerprint density at radius 3 is 2.56 bits per heavy atom. The van der Waals surface area contributed by atoms with E-state index in [0.717, 1.165) is 12.8 Å². The lowest BCUT2D eigenvalue weighted by molar-refractivity contribution is 0.340. The first kappa shape index (κ1) is 13.8. The van der Waals surface area contributed by atoms with E-state index in [0.29, 0.717) is 12.5 Å². The zero-order valence-corrected chi connectivity index (χ0v) is 11.8. The molecule has 18 heavy (non-hydrogen) atoms. The molecule has 0 spiro atoms. The summed E-state index contributed by atoms with van der Waals surface area (Å²) < 4.78 is 26.3. The Hall–Kier alpha value is -0.620. The number of nitrogens with zero attached hydrogens (tertiary/aromatic N) is 1. The van der Waals surface area contributed by atoms with Gasteiger partial charge in [-0.1, -0.05) is 23.7 Å². The van der Waals surface area contributed by atoms with Crippen LogP contribution in [0.2, 0.25) is 5.02 Å². The van der Waals surface area contributed by atoms with Crippen LogP contribution in [0, 0.1) is 5.92 Å². The van der Waals surface area contributed by atoms with Crippen LogP contribution in [-0.4, -0.2) is 32.4 Å². The highest BCUT2D eigenvalue weighted by Gasteiger charge is 2.38. The van der Waals surface area contributed by atoms with Gasteiger partial charge >= 0.3 is 0 Å². The first-order valence-electron chi connectivity index (χ1n) is 5.91. The van der Waals surface area contributed by atoms with Crippen molar-refractivity contribution in [1.82, 2.24) is 4.31 Å². The van der Waals surface area contributed by atoms with Crippen molar-refractivity contribution in [3.8, 4) is 0 Å². The molecule has 0 aromatic heterocycles. The van der Waals surface area contributed by atoms with E-state index in [1.54, 1.807) is 25.2 Å². The Bertz CT molecular complexity index is 529. The lowest BCUT2D eigenvalue weighted by Gasteiger charge is -2.26. The summed E-state index contributed by atoms with van der Waals surface area (Å²) in [4.78, 5) is 0.147. The zero-order chi connectivity index (χ0) is 13.3. The molecular formula is C12H17ClN2O2S. The van der Waals surface area contributed by atoms with E-state index in [2.05, 4.69) is 0 Å². The molecule has 0 radical (unpaired) electrons. The van der Waals surface area contributed by atoms with Gasteiger partial charge in [-0.25, -0.2) is 8.42 Å². The second-order valence-electron chi connectivity index (χ2n) is 4.59.